The molecule has 0 amide bonds. The van der Waals surface area contributed by atoms with Gasteiger partial charge in [0.15, 0.2) is 0 Å². The predicted octanol–water partition coefficient (Wildman–Crippen LogP) is 4.78. The molecule has 0 bridgehead atoms. The first-order valence-corrected chi connectivity index (χ1v) is 7.41. The van der Waals surface area contributed by atoms with Gasteiger partial charge in [0.2, 0.25) is 0 Å². The average molecular weight is 370 g/mol. The molecule has 18 heavy (non-hydrogen) atoms. The van der Waals surface area contributed by atoms with Gasteiger partial charge in [0.05, 0.1) is 12.2 Å². The first-order chi connectivity index (χ1) is 8.70. The van der Waals surface area contributed by atoms with Crippen molar-refractivity contribution in [1.82, 2.24) is 4.98 Å². The van der Waals surface area contributed by atoms with E-state index in [2.05, 4.69) is 67.3 Å². The number of nitrogens with zero attached hydrogens (tertiary/aromatic N) is 1. The Kier molecular flexibility index (Phi) is 4.78. The van der Waals surface area contributed by atoms with E-state index in [4.69, 9.17) is 0 Å². The van der Waals surface area contributed by atoms with Crippen LogP contribution in [0.25, 0.3) is 0 Å². The van der Waals surface area contributed by atoms with Crippen molar-refractivity contribution in [2.45, 2.75) is 19.9 Å². The fraction of sp³-hybridized carbons (Fsp3) is 0.214. The Morgan fingerprint density at radius 1 is 1.22 bits per heavy atom. The lowest BCUT2D eigenvalue weighted by atomic mass is 10.1. The van der Waals surface area contributed by atoms with Gasteiger partial charge in [0.25, 0.3) is 0 Å². The molecule has 0 aliphatic rings. The maximum absolute atomic E-state index is 4.39. The highest BCUT2D eigenvalue weighted by Gasteiger charge is 2.04. The van der Waals surface area contributed by atoms with Crippen molar-refractivity contribution < 1.29 is 0 Å². The lowest BCUT2D eigenvalue weighted by Gasteiger charge is -2.11. The minimum Gasteiger partial charge on any atom is -0.379 e. The highest BCUT2D eigenvalue weighted by molar-refractivity contribution is 9.11. The van der Waals surface area contributed by atoms with Gasteiger partial charge in [-0.05, 0) is 56.0 Å². The average Bonchev–Trinajstić information content (AvgIpc) is 2.38. The summed E-state index contributed by atoms with van der Waals surface area (Å²) >= 11 is 6.93. The van der Waals surface area contributed by atoms with Gasteiger partial charge in [-0.15, -0.1) is 0 Å². The second-order valence-corrected chi connectivity index (χ2v) is 5.72. The number of para-hydroxylation sites is 1. The summed E-state index contributed by atoms with van der Waals surface area (Å²) in [5.74, 6) is 0. The molecule has 0 aliphatic heterocycles. The van der Waals surface area contributed by atoms with Crippen LogP contribution in [0.15, 0.2) is 45.5 Å². The molecule has 1 aromatic carbocycles. The van der Waals surface area contributed by atoms with Crippen LogP contribution >= 0.6 is 31.9 Å². The monoisotopic (exact) mass is 368 g/mol. The Morgan fingerprint density at radius 2 is 2.00 bits per heavy atom. The van der Waals surface area contributed by atoms with E-state index in [-0.39, 0.29) is 0 Å². The fourth-order valence-electron chi connectivity index (χ4n) is 1.75. The molecule has 1 heterocycles. The highest BCUT2D eigenvalue weighted by Crippen LogP contribution is 2.21. The zero-order chi connectivity index (χ0) is 13.0. The first-order valence-electron chi connectivity index (χ1n) is 5.82. The van der Waals surface area contributed by atoms with Crippen LogP contribution in [0, 0.1) is 0 Å². The molecule has 0 aliphatic carbocycles. The molecule has 0 fully saturated rings. The van der Waals surface area contributed by atoms with E-state index in [1.165, 1.54) is 11.3 Å². The third kappa shape index (κ3) is 3.33. The molecule has 94 valence electrons. The number of nitrogens with one attached hydrogen (secondary N) is 1. The molecule has 0 saturated carbocycles. The number of halogens is 2. The smallest absolute Gasteiger partial charge is 0.0737 e. The lowest BCUT2D eigenvalue weighted by Crippen LogP contribution is -2.04. The number of aromatic nitrogens is 1. The molecule has 1 N–H and O–H groups in total. The van der Waals surface area contributed by atoms with Gasteiger partial charge in [0, 0.05) is 20.8 Å². The summed E-state index contributed by atoms with van der Waals surface area (Å²) < 4.78 is 1.99. The summed E-state index contributed by atoms with van der Waals surface area (Å²) in [7, 11) is 0. The third-order valence-electron chi connectivity index (χ3n) is 2.73. The Balaban J connectivity index is 2.11. The van der Waals surface area contributed by atoms with E-state index < -0.39 is 0 Å². The van der Waals surface area contributed by atoms with E-state index in [1.807, 2.05) is 18.3 Å². The normalized spacial score (nSPS) is 10.4. The number of benzene rings is 1. The summed E-state index contributed by atoms with van der Waals surface area (Å²) in [6, 6.07) is 10.4. The molecule has 0 atom stereocenters. The maximum atomic E-state index is 4.39. The van der Waals surface area contributed by atoms with Crippen LogP contribution < -0.4 is 5.32 Å². The van der Waals surface area contributed by atoms with E-state index in [1.54, 1.807) is 0 Å². The minimum absolute atomic E-state index is 0.713. The molecule has 4 heteroatoms. The van der Waals surface area contributed by atoms with Gasteiger partial charge < -0.3 is 5.32 Å². The van der Waals surface area contributed by atoms with Crippen molar-refractivity contribution in [1.29, 1.82) is 0 Å². The van der Waals surface area contributed by atoms with Crippen LogP contribution in [-0.2, 0) is 13.0 Å². The van der Waals surface area contributed by atoms with Crippen molar-refractivity contribution in [3.63, 3.8) is 0 Å². The molecular weight excluding hydrogens is 356 g/mol. The van der Waals surface area contributed by atoms with Crippen LogP contribution in [0.1, 0.15) is 18.2 Å². The maximum Gasteiger partial charge on any atom is 0.0737 e. The lowest BCUT2D eigenvalue weighted by molar-refractivity contribution is 1.02. The zero-order valence-electron chi connectivity index (χ0n) is 10.1. The number of aryl methyl sites for hydroxylation is 1. The molecule has 1 aromatic heterocycles. The van der Waals surface area contributed by atoms with E-state index >= 15 is 0 Å². The minimum atomic E-state index is 0.713. The standard InChI is InChI=1S/C14H14Br2N2/c1-2-10-5-3-4-6-13(10)18-9-14-12(16)7-11(15)8-17-14/h3-8,18H,2,9H2,1H3. The second-order valence-electron chi connectivity index (χ2n) is 3.95. The van der Waals surface area contributed by atoms with E-state index in [0.29, 0.717) is 6.54 Å². The molecule has 2 aromatic rings. The number of anilines is 1. The van der Waals surface area contributed by atoms with Crippen LogP contribution in [0.5, 0.6) is 0 Å². The molecule has 0 radical (unpaired) electrons. The molecule has 2 nitrogen and oxygen atoms in total. The summed E-state index contributed by atoms with van der Waals surface area (Å²) in [6.07, 6.45) is 2.84. The summed E-state index contributed by atoms with van der Waals surface area (Å²) in [6.45, 7) is 2.87. The fourth-order valence-corrected chi connectivity index (χ4v) is 2.88. The van der Waals surface area contributed by atoms with E-state index in [9.17, 15) is 0 Å². The Bertz CT molecular complexity index is 541. The van der Waals surface area contributed by atoms with Crippen molar-refractivity contribution in [3.8, 4) is 0 Å². The van der Waals surface area contributed by atoms with Crippen LogP contribution in [0.2, 0.25) is 0 Å². The van der Waals surface area contributed by atoms with E-state index in [0.717, 1.165) is 21.1 Å². The predicted molar refractivity (Wildman–Crippen MR) is 82.8 cm³/mol. The van der Waals surface area contributed by atoms with Gasteiger partial charge in [-0.2, -0.15) is 0 Å². The van der Waals surface area contributed by atoms with Crippen LogP contribution in [0.4, 0.5) is 5.69 Å². The summed E-state index contributed by atoms with van der Waals surface area (Å²) in [5.41, 5.74) is 3.51. The number of hydrogen-bond acceptors (Lipinski definition) is 2. The topological polar surface area (TPSA) is 24.9 Å². The second kappa shape index (κ2) is 6.34. The molecule has 0 saturated heterocycles. The number of pyridine rings is 1. The van der Waals surface area contributed by atoms with Crippen molar-refractivity contribution >= 4 is 37.5 Å². The Labute approximate surface area is 124 Å². The van der Waals surface area contributed by atoms with Crippen molar-refractivity contribution in [3.05, 3.63) is 56.7 Å². The number of rotatable bonds is 4. The van der Waals surface area contributed by atoms with Gasteiger partial charge in [-0.1, -0.05) is 25.1 Å². The molecule has 0 unspecified atom stereocenters. The first kappa shape index (κ1) is 13.6. The Morgan fingerprint density at radius 3 is 2.72 bits per heavy atom. The van der Waals surface area contributed by atoms with Crippen LogP contribution in [0.3, 0.4) is 0 Å². The van der Waals surface area contributed by atoms with Gasteiger partial charge in [-0.25, -0.2) is 0 Å². The third-order valence-corrected chi connectivity index (χ3v) is 3.85. The van der Waals surface area contributed by atoms with Crippen molar-refractivity contribution in [2.24, 2.45) is 0 Å². The molecular formula is C14H14Br2N2. The quantitative estimate of drug-likeness (QED) is 0.838. The molecule has 2 rings (SSSR count). The Hall–Kier alpha value is -0.870. The van der Waals surface area contributed by atoms with Crippen LogP contribution in [-0.4, -0.2) is 4.98 Å². The van der Waals surface area contributed by atoms with Crippen molar-refractivity contribution in [2.75, 3.05) is 5.32 Å². The van der Waals surface area contributed by atoms with Gasteiger partial charge in [0.1, 0.15) is 0 Å². The highest BCUT2D eigenvalue weighted by atomic mass is 79.9. The largest absolute Gasteiger partial charge is 0.379 e. The zero-order valence-corrected chi connectivity index (χ0v) is 13.3. The van der Waals surface area contributed by atoms with Gasteiger partial charge >= 0.3 is 0 Å². The number of hydrogen-bond donors (Lipinski definition) is 1. The SMILES string of the molecule is CCc1ccccc1NCc1ncc(Br)cc1Br. The summed E-state index contributed by atoms with van der Waals surface area (Å²) in [4.78, 5) is 4.39. The summed E-state index contributed by atoms with van der Waals surface area (Å²) in [5, 5.41) is 3.43. The molecule has 0 spiro atoms. The van der Waals surface area contributed by atoms with Gasteiger partial charge in [-0.3, -0.25) is 4.98 Å².